The van der Waals surface area contributed by atoms with Crippen molar-refractivity contribution in [3.63, 3.8) is 0 Å². The minimum absolute atomic E-state index is 0.0249. The van der Waals surface area contributed by atoms with Gasteiger partial charge in [-0.25, -0.2) is 13.6 Å². The van der Waals surface area contributed by atoms with Crippen molar-refractivity contribution < 1.29 is 28.6 Å². The summed E-state index contributed by atoms with van der Waals surface area (Å²) in [6.07, 6.45) is 0.336. The molecule has 1 aliphatic carbocycles. The maximum Gasteiger partial charge on any atom is 0.344 e. The molecule has 3 unspecified atom stereocenters. The number of carboxylic acids is 2. The number of aliphatic carboxylic acids is 2. The zero-order valence-corrected chi connectivity index (χ0v) is 17.2. The quantitative estimate of drug-likeness (QED) is 0.503. The van der Waals surface area contributed by atoms with Crippen LogP contribution in [0.5, 0.6) is 0 Å². The van der Waals surface area contributed by atoms with Gasteiger partial charge in [-0.2, -0.15) is 0 Å². The van der Waals surface area contributed by atoms with Crippen molar-refractivity contribution in [1.29, 1.82) is 0 Å². The maximum absolute atomic E-state index is 15.9. The largest absolute Gasteiger partial charge is 0.481 e. The summed E-state index contributed by atoms with van der Waals surface area (Å²) in [6, 6.07) is 2.27. The summed E-state index contributed by atoms with van der Waals surface area (Å²) in [5, 5.41) is 29.3. The molecule has 3 rings (SSSR count). The van der Waals surface area contributed by atoms with Crippen LogP contribution in [0, 0.1) is 11.2 Å². The molecule has 8 nitrogen and oxygen atoms in total. The molecular weight excluding hydrogens is 474 g/mol. The second-order valence-electron chi connectivity index (χ2n) is 6.81. The molecule has 3 atom stereocenters. The van der Waals surface area contributed by atoms with Crippen LogP contribution >= 0.6 is 27.3 Å². The molecule has 0 bridgehead atoms. The summed E-state index contributed by atoms with van der Waals surface area (Å²) in [5.41, 5.74) is 0.406. The van der Waals surface area contributed by atoms with Crippen LogP contribution in [-0.4, -0.2) is 44.1 Å². The summed E-state index contributed by atoms with van der Waals surface area (Å²) in [7, 11) is 0. The van der Waals surface area contributed by atoms with Crippen LogP contribution in [0.25, 0.3) is 5.57 Å². The average Bonchev–Trinajstić information content (AvgIpc) is 3.05. The fraction of sp³-hybridized carbons (Fsp3) is 0.294. The van der Waals surface area contributed by atoms with Gasteiger partial charge in [-0.05, 0) is 25.1 Å². The van der Waals surface area contributed by atoms with Crippen molar-refractivity contribution in [1.82, 2.24) is 10.2 Å². The van der Waals surface area contributed by atoms with E-state index in [1.807, 2.05) is 0 Å². The number of nitrogens with two attached hydrogens (primary N) is 1. The number of nitrogens with zero attached hydrogens (tertiary/aromatic N) is 2. The molecule has 154 valence electrons. The zero-order valence-electron chi connectivity index (χ0n) is 14.8. The van der Waals surface area contributed by atoms with Gasteiger partial charge >= 0.3 is 11.9 Å². The third-order valence-electron chi connectivity index (χ3n) is 4.63. The van der Waals surface area contributed by atoms with E-state index in [9.17, 15) is 24.2 Å². The van der Waals surface area contributed by atoms with Gasteiger partial charge in [0.25, 0.3) is 0 Å². The van der Waals surface area contributed by atoms with Crippen molar-refractivity contribution in [3.8, 4) is 0 Å². The Morgan fingerprint density at radius 3 is 2.55 bits per heavy atom. The van der Waals surface area contributed by atoms with Gasteiger partial charge in [-0.1, -0.05) is 33.3 Å². The summed E-state index contributed by atoms with van der Waals surface area (Å²) in [5.74, 6) is -4.05. The van der Waals surface area contributed by atoms with Gasteiger partial charge in [-0.15, -0.1) is 10.2 Å². The van der Waals surface area contributed by atoms with E-state index >= 15 is 4.39 Å². The van der Waals surface area contributed by atoms with Gasteiger partial charge in [0.05, 0.1) is 17.1 Å². The first-order valence-electron chi connectivity index (χ1n) is 8.16. The number of carboxylic acid groups (broad SMARTS) is 2. The van der Waals surface area contributed by atoms with Gasteiger partial charge in [0, 0.05) is 16.5 Å². The smallest absolute Gasteiger partial charge is 0.344 e. The number of hydrogen-bond acceptors (Lipinski definition) is 7. The number of halogens is 3. The first-order chi connectivity index (χ1) is 13.5. The number of anilines is 2. The van der Waals surface area contributed by atoms with Crippen LogP contribution in [0.2, 0.25) is 0 Å². The van der Waals surface area contributed by atoms with Crippen LogP contribution in [0.4, 0.5) is 19.6 Å². The Hall–Kier alpha value is -2.60. The Balaban J connectivity index is 2.20. The molecule has 0 amide bonds. The molecule has 1 aromatic carbocycles. The van der Waals surface area contributed by atoms with Gasteiger partial charge in [0.1, 0.15) is 10.8 Å². The molecule has 0 saturated heterocycles. The fourth-order valence-corrected chi connectivity index (χ4v) is 4.18. The molecule has 1 aromatic heterocycles. The van der Waals surface area contributed by atoms with Crippen molar-refractivity contribution in [2.45, 2.75) is 25.1 Å². The lowest BCUT2D eigenvalue weighted by Gasteiger charge is -2.41. The van der Waals surface area contributed by atoms with Crippen LogP contribution in [-0.2, 0) is 9.59 Å². The number of carbonyl (C=O) groups is 2. The van der Waals surface area contributed by atoms with E-state index in [4.69, 9.17) is 5.73 Å². The summed E-state index contributed by atoms with van der Waals surface area (Å²) in [6.45, 7) is 1.20. The van der Waals surface area contributed by atoms with Crippen LogP contribution < -0.4 is 11.1 Å². The minimum atomic E-state index is -3.09. The number of nitrogen functional groups attached to an aromatic ring is 1. The van der Waals surface area contributed by atoms with Crippen LogP contribution in [0.15, 0.2) is 28.7 Å². The molecule has 1 heterocycles. The lowest BCUT2D eigenvalue weighted by molar-refractivity contribution is -0.157. The molecule has 0 saturated carbocycles. The highest BCUT2D eigenvalue weighted by atomic mass is 79.9. The zero-order chi connectivity index (χ0) is 21.6. The number of alkyl halides is 1. The first kappa shape index (κ1) is 21.1. The first-order valence-corrected chi connectivity index (χ1v) is 9.76. The van der Waals surface area contributed by atoms with Crippen molar-refractivity contribution >= 4 is 55.6 Å². The Bertz CT molecular complexity index is 1030. The van der Waals surface area contributed by atoms with Crippen molar-refractivity contribution in [3.05, 3.63) is 39.6 Å². The average molecular weight is 489 g/mol. The molecule has 12 heteroatoms. The van der Waals surface area contributed by atoms with E-state index in [2.05, 4.69) is 31.4 Å². The Morgan fingerprint density at radius 1 is 1.34 bits per heavy atom. The molecule has 29 heavy (non-hydrogen) atoms. The number of benzene rings is 1. The molecular formula is C17H15BrF2N4O4S. The predicted molar refractivity (Wildman–Crippen MR) is 106 cm³/mol. The molecule has 0 spiro atoms. The highest BCUT2D eigenvalue weighted by Gasteiger charge is 2.58. The topological polar surface area (TPSA) is 138 Å². The Morgan fingerprint density at radius 2 is 2.03 bits per heavy atom. The normalized spacial score (nSPS) is 26.6. The van der Waals surface area contributed by atoms with E-state index in [-0.39, 0.29) is 21.4 Å². The number of aromatic nitrogens is 2. The predicted octanol–water partition coefficient (Wildman–Crippen LogP) is 3.17. The summed E-state index contributed by atoms with van der Waals surface area (Å²) in [4.78, 5) is 23.7. The lowest BCUT2D eigenvalue weighted by atomic mass is 9.68. The Kier molecular flexibility index (Phi) is 5.34. The van der Waals surface area contributed by atoms with Gasteiger partial charge in [0.2, 0.25) is 10.8 Å². The van der Waals surface area contributed by atoms with Crippen LogP contribution in [0.3, 0.4) is 0 Å². The van der Waals surface area contributed by atoms with E-state index in [0.717, 1.165) is 17.4 Å². The number of rotatable bonds is 5. The van der Waals surface area contributed by atoms with Crippen LogP contribution in [0.1, 0.15) is 18.4 Å². The maximum atomic E-state index is 15.9. The van der Waals surface area contributed by atoms with Gasteiger partial charge in [0.15, 0.2) is 0 Å². The van der Waals surface area contributed by atoms with Crippen molar-refractivity contribution in [2.24, 2.45) is 5.41 Å². The number of hydrogen-bond donors (Lipinski definition) is 4. The molecule has 5 N–H and O–H groups in total. The van der Waals surface area contributed by atoms with E-state index in [1.54, 1.807) is 0 Å². The van der Waals surface area contributed by atoms with E-state index in [1.165, 1.54) is 25.1 Å². The minimum Gasteiger partial charge on any atom is -0.481 e. The molecule has 0 fully saturated rings. The molecule has 2 aromatic rings. The highest BCUT2D eigenvalue weighted by Crippen LogP contribution is 2.47. The molecule has 0 radical (unpaired) electrons. The number of nitrogens with one attached hydrogen (secondary N) is 1. The van der Waals surface area contributed by atoms with E-state index < -0.39 is 41.3 Å². The highest BCUT2D eigenvalue weighted by molar-refractivity contribution is 9.10. The van der Waals surface area contributed by atoms with Gasteiger partial charge in [-0.3, -0.25) is 4.79 Å². The monoisotopic (exact) mass is 488 g/mol. The molecule has 1 aliphatic rings. The third-order valence-corrected chi connectivity index (χ3v) is 5.92. The third kappa shape index (κ3) is 3.81. The standard InChI is InChI=1S/C17H15BrF2N4O4S/c1-16(13(25)26)5-8(12-23-24-15(21)29-12)11(17(20,6-16)14(27)28)22-10-3-2-7(18)4-9(10)19/h2-5,11,22H,6H2,1H3,(H2,21,24)(H,25,26)(H,27,28). The summed E-state index contributed by atoms with van der Waals surface area (Å²) < 4.78 is 30.7. The lowest BCUT2D eigenvalue weighted by Crippen LogP contribution is -2.56. The summed E-state index contributed by atoms with van der Waals surface area (Å²) >= 11 is 3.94. The Labute approximate surface area is 175 Å². The van der Waals surface area contributed by atoms with Gasteiger partial charge < -0.3 is 21.3 Å². The molecule has 0 aliphatic heterocycles. The second kappa shape index (κ2) is 7.34. The SMILES string of the molecule is CC1(C(=O)O)C=C(c2nnc(N)s2)C(Nc2ccc(Br)cc2F)C(F)(C(=O)O)C1. The second-order valence-corrected chi connectivity index (χ2v) is 8.74. The van der Waals surface area contributed by atoms with Crippen molar-refractivity contribution in [2.75, 3.05) is 11.1 Å². The fourth-order valence-electron chi connectivity index (χ4n) is 3.19. The van der Waals surface area contributed by atoms with E-state index in [0.29, 0.717) is 4.47 Å².